The normalized spacial score (nSPS) is 14.0. The molecule has 4 aromatic carbocycles. The van der Waals surface area contributed by atoms with Crippen molar-refractivity contribution in [2.75, 3.05) is 32.1 Å². The second-order valence-corrected chi connectivity index (χ2v) is 13.7. The lowest BCUT2D eigenvalue weighted by atomic mass is 10.0. The Bertz CT molecular complexity index is 2070. The first-order chi connectivity index (χ1) is 24.6. The molecule has 1 aliphatic rings. The zero-order valence-electron chi connectivity index (χ0n) is 28.4. The first kappa shape index (κ1) is 35.7. The van der Waals surface area contributed by atoms with E-state index in [0.29, 0.717) is 47.8 Å². The average molecular weight is 708 g/mol. The van der Waals surface area contributed by atoms with Gasteiger partial charge in [-0.05, 0) is 85.5 Å². The van der Waals surface area contributed by atoms with E-state index in [1.165, 1.54) is 24.0 Å². The number of hydrogen-bond acceptors (Lipinski definition) is 10. The molecule has 2 heterocycles. The molecular formula is C39H41N5O6S. The standard InChI is InChI=1S/C39H41N5O6S/c1-23-15-31(19-32-36(23)42-20-33(38(40)48)37(32)43-28-6-4-7-29(18-28)50-2)51-30-8-3-5-25(17-30)39(49)44-13-11-27(12-14-44)41-21-35(47)24-9-10-34(46)26(16-24)22-45/h3-10,15-20,27,35,41,45-47H,11-14,21-22H2,1-2H3,(H2,40,48)(H,42,43). The molecule has 5 aromatic rings. The third-order valence-corrected chi connectivity index (χ3v) is 10.1. The number of aromatic nitrogens is 1. The minimum absolute atomic E-state index is 0.00308. The van der Waals surface area contributed by atoms with Gasteiger partial charge in [-0.2, -0.15) is 0 Å². The van der Waals surface area contributed by atoms with Crippen LogP contribution in [-0.4, -0.2) is 69.8 Å². The molecule has 1 aromatic heterocycles. The number of ether oxygens (including phenoxy) is 1. The largest absolute Gasteiger partial charge is 0.508 e. The van der Waals surface area contributed by atoms with Crippen molar-refractivity contribution in [2.24, 2.45) is 5.73 Å². The molecule has 12 heteroatoms. The van der Waals surface area contributed by atoms with Gasteiger partial charge in [0.2, 0.25) is 0 Å². The molecule has 0 saturated carbocycles. The summed E-state index contributed by atoms with van der Waals surface area (Å²) in [5.74, 6) is 0.0331. The van der Waals surface area contributed by atoms with Crippen LogP contribution >= 0.6 is 11.8 Å². The molecular weight excluding hydrogens is 667 g/mol. The fourth-order valence-electron chi connectivity index (χ4n) is 6.31. The summed E-state index contributed by atoms with van der Waals surface area (Å²) in [4.78, 5) is 34.3. The number of nitrogens with zero attached hydrogens (tertiary/aromatic N) is 2. The quantitative estimate of drug-likeness (QED) is 0.0950. The van der Waals surface area contributed by atoms with Crippen LogP contribution in [0.15, 0.2) is 94.9 Å². The molecule has 0 aliphatic carbocycles. The van der Waals surface area contributed by atoms with Crippen molar-refractivity contribution in [3.8, 4) is 11.5 Å². The molecule has 1 fully saturated rings. The van der Waals surface area contributed by atoms with Gasteiger partial charge < -0.3 is 41.3 Å². The first-order valence-corrected chi connectivity index (χ1v) is 17.5. The lowest BCUT2D eigenvalue weighted by molar-refractivity contribution is 0.0697. The number of amides is 2. The molecule has 1 aliphatic heterocycles. The van der Waals surface area contributed by atoms with Crippen LogP contribution in [0.3, 0.4) is 0 Å². The third kappa shape index (κ3) is 8.26. The Morgan fingerprint density at radius 3 is 2.57 bits per heavy atom. The second-order valence-electron chi connectivity index (χ2n) is 12.6. The maximum absolute atomic E-state index is 13.6. The summed E-state index contributed by atoms with van der Waals surface area (Å²) in [6, 6.07) is 23.9. The number of nitrogens with one attached hydrogen (secondary N) is 2. The molecule has 264 valence electrons. The topological polar surface area (TPSA) is 170 Å². The van der Waals surface area contributed by atoms with Crippen LogP contribution < -0.4 is 21.1 Å². The van der Waals surface area contributed by atoms with E-state index in [1.54, 1.807) is 19.2 Å². The van der Waals surface area contributed by atoms with Gasteiger partial charge in [0, 0.05) is 69.9 Å². The number of pyridine rings is 1. The van der Waals surface area contributed by atoms with E-state index in [-0.39, 0.29) is 29.9 Å². The van der Waals surface area contributed by atoms with Gasteiger partial charge in [-0.15, -0.1) is 0 Å². The third-order valence-electron chi connectivity index (χ3n) is 9.10. The van der Waals surface area contributed by atoms with Crippen molar-refractivity contribution in [1.29, 1.82) is 0 Å². The molecule has 11 nitrogen and oxygen atoms in total. The molecule has 0 spiro atoms. The number of likely N-dealkylation sites (tertiary alicyclic amines) is 1. The van der Waals surface area contributed by atoms with Crippen LogP contribution in [-0.2, 0) is 6.61 Å². The van der Waals surface area contributed by atoms with E-state index in [0.717, 1.165) is 44.8 Å². The Kier molecular flexibility index (Phi) is 11.1. The molecule has 0 radical (unpaired) electrons. The fourth-order valence-corrected chi connectivity index (χ4v) is 7.32. The van der Waals surface area contributed by atoms with Crippen molar-refractivity contribution in [1.82, 2.24) is 15.2 Å². The Labute approximate surface area is 300 Å². The van der Waals surface area contributed by atoms with Gasteiger partial charge in [0.25, 0.3) is 11.8 Å². The number of phenols is 1. The number of aromatic hydroxyl groups is 1. The smallest absolute Gasteiger partial charge is 0.253 e. The SMILES string of the molecule is COc1cccc(Nc2c(C(N)=O)cnc3c(C)cc(Sc4cccc(C(=O)N5CCC(NCC(O)c6ccc(O)c(CO)c6)CC5)c4)cc23)c1. The number of anilines is 2. The molecule has 1 saturated heterocycles. The number of benzene rings is 4. The van der Waals surface area contributed by atoms with Crippen molar-refractivity contribution in [3.05, 3.63) is 113 Å². The number of methoxy groups -OCH3 is 1. The molecule has 6 rings (SSSR count). The Balaban J connectivity index is 1.13. The van der Waals surface area contributed by atoms with Gasteiger partial charge in [0.15, 0.2) is 0 Å². The molecule has 0 bridgehead atoms. The van der Waals surface area contributed by atoms with Crippen LogP contribution in [0.25, 0.3) is 10.9 Å². The number of carbonyl (C=O) groups is 2. The summed E-state index contributed by atoms with van der Waals surface area (Å²) in [5, 5.41) is 37.4. The van der Waals surface area contributed by atoms with Crippen LogP contribution in [0.4, 0.5) is 11.4 Å². The number of carbonyl (C=O) groups excluding carboxylic acids is 2. The number of rotatable bonds is 12. The highest BCUT2D eigenvalue weighted by Crippen LogP contribution is 2.37. The van der Waals surface area contributed by atoms with Crippen molar-refractivity contribution < 1.29 is 29.6 Å². The van der Waals surface area contributed by atoms with Crippen LogP contribution in [0.5, 0.6) is 11.5 Å². The minimum Gasteiger partial charge on any atom is -0.508 e. The number of aliphatic hydroxyl groups excluding tert-OH is 2. The lowest BCUT2D eigenvalue weighted by Gasteiger charge is -2.33. The van der Waals surface area contributed by atoms with E-state index in [4.69, 9.17) is 10.5 Å². The van der Waals surface area contributed by atoms with Gasteiger partial charge in [-0.3, -0.25) is 14.6 Å². The van der Waals surface area contributed by atoms with E-state index in [1.807, 2.05) is 72.5 Å². The summed E-state index contributed by atoms with van der Waals surface area (Å²) in [6.07, 6.45) is 2.19. The monoisotopic (exact) mass is 707 g/mol. The predicted molar refractivity (Wildman–Crippen MR) is 198 cm³/mol. The summed E-state index contributed by atoms with van der Waals surface area (Å²) in [5.41, 5.74) is 10.6. The first-order valence-electron chi connectivity index (χ1n) is 16.7. The highest BCUT2D eigenvalue weighted by Gasteiger charge is 2.25. The van der Waals surface area contributed by atoms with Gasteiger partial charge in [0.05, 0.1) is 36.6 Å². The van der Waals surface area contributed by atoms with Gasteiger partial charge in [-0.1, -0.05) is 30.0 Å². The summed E-state index contributed by atoms with van der Waals surface area (Å²) < 4.78 is 5.38. The maximum atomic E-state index is 13.6. The number of aryl methyl sites for hydroxylation is 1. The summed E-state index contributed by atoms with van der Waals surface area (Å²) in [7, 11) is 1.59. The second kappa shape index (κ2) is 15.8. The molecule has 1 unspecified atom stereocenters. The molecule has 51 heavy (non-hydrogen) atoms. The van der Waals surface area contributed by atoms with Crippen molar-refractivity contribution in [2.45, 2.75) is 48.3 Å². The Morgan fingerprint density at radius 2 is 1.82 bits per heavy atom. The number of hydrogen-bond donors (Lipinski definition) is 6. The average Bonchev–Trinajstić information content (AvgIpc) is 3.14. The molecule has 1 atom stereocenters. The van der Waals surface area contributed by atoms with Gasteiger partial charge in [-0.25, -0.2) is 0 Å². The van der Waals surface area contributed by atoms with Gasteiger partial charge in [0.1, 0.15) is 11.5 Å². The Hall–Kier alpha value is -5.14. The minimum atomic E-state index is -0.792. The van der Waals surface area contributed by atoms with E-state index in [2.05, 4.69) is 15.6 Å². The Morgan fingerprint density at radius 1 is 1.04 bits per heavy atom. The number of fused-ring (bicyclic) bond motifs is 1. The number of nitrogens with two attached hydrogens (primary N) is 1. The zero-order chi connectivity index (χ0) is 36.1. The predicted octanol–water partition coefficient (Wildman–Crippen LogP) is 5.67. The van der Waals surface area contributed by atoms with Crippen LogP contribution in [0, 0.1) is 6.92 Å². The van der Waals surface area contributed by atoms with Crippen molar-refractivity contribution in [3.63, 3.8) is 0 Å². The van der Waals surface area contributed by atoms with Crippen molar-refractivity contribution >= 4 is 45.9 Å². The van der Waals surface area contributed by atoms with Crippen LogP contribution in [0.1, 0.15) is 56.4 Å². The summed E-state index contributed by atoms with van der Waals surface area (Å²) in [6.45, 7) is 3.15. The number of piperidine rings is 1. The highest BCUT2D eigenvalue weighted by atomic mass is 32.2. The van der Waals surface area contributed by atoms with Gasteiger partial charge >= 0.3 is 0 Å². The molecule has 7 N–H and O–H groups in total. The van der Waals surface area contributed by atoms with Crippen LogP contribution in [0.2, 0.25) is 0 Å². The maximum Gasteiger partial charge on any atom is 0.253 e. The van der Waals surface area contributed by atoms with E-state index in [9.17, 15) is 24.9 Å². The number of aliphatic hydroxyl groups is 2. The zero-order valence-corrected chi connectivity index (χ0v) is 29.2. The number of primary amides is 1. The lowest BCUT2D eigenvalue weighted by Crippen LogP contribution is -2.45. The fraction of sp³-hybridized carbons (Fsp3) is 0.256. The summed E-state index contributed by atoms with van der Waals surface area (Å²) >= 11 is 1.52. The molecule has 2 amide bonds. The van der Waals surface area contributed by atoms with E-state index < -0.39 is 12.0 Å². The highest BCUT2D eigenvalue weighted by molar-refractivity contribution is 7.99. The van der Waals surface area contributed by atoms with E-state index >= 15 is 0 Å².